The molecule has 0 bridgehead atoms. The highest BCUT2D eigenvalue weighted by molar-refractivity contribution is 7.11. The summed E-state index contributed by atoms with van der Waals surface area (Å²) in [5.74, 6) is 0. The number of benzene rings is 1. The highest BCUT2D eigenvalue weighted by Crippen LogP contribution is 2.30. The zero-order valence-electron chi connectivity index (χ0n) is 10.9. The monoisotopic (exact) mass is 258 g/mol. The number of aryl methyl sites for hydroxylation is 3. The lowest BCUT2D eigenvalue weighted by Gasteiger charge is -2.31. The molecule has 0 spiro atoms. The maximum Gasteiger partial charge on any atom is 0.0897 e. The molecule has 94 valence electrons. The number of hydrogen-bond donors (Lipinski definition) is 0. The molecule has 1 aromatic heterocycles. The molecule has 1 aliphatic heterocycles. The summed E-state index contributed by atoms with van der Waals surface area (Å²) in [6.45, 7) is 6.40. The van der Waals surface area contributed by atoms with Crippen molar-refractivity contribution >= 4 is 17.0 Å². The quantitative estimate of drug-likeness (QED) is 0.816. The molecule has 0 N–H and O–H groups in total. The van der Waals surface area contributed by atoms with Gasteiger partial charge in [0, 0.05) is 23.3 Å². The van der Waals surface area contributed by atoms with Crippen LogP contribution in [0.1, 0.15) is 27.4 Å². The third-order valence-electron chi connectivity index (χ3n) is 3.47. The molecule has 0 unspecified atom stereocenters. The lowest BCUT2D eigenvalue weighted by Crippen LogP contribution is -2.28. The van der Waals surface area contributed by atoms with Gasteiger partial charge in [-0.3, -0.25) is 0 Å². The minimum Gasteiger partial charge on any atom is -0.366 e. The zero-order valence-corrected chi connectivity index (χ0v) is 11.8. The molecular weight excluding hydrogens is 240 g/mol. The maximum atomic E-state index is 4.34. The van der Waals surface area contributed by atoms with Crippen LogP contribution < -0.4 is 4.90 Å². The second kappa shape index (κ2) is 4.73. The fourth-order valence-electron chi connectivity index (χ4n) is 2.63. The molecule has 0 radical (unpaired) electrons. The van der Waals surface area contributed by atoms with E-state index in [1.807, 2.05) is 6.20 Å². The second-order valence-electron chi connectivity index (χ2n) is 5.00. The highest BCUT2D eigenvalue weighted by atomic mass is 32.1. The average molecular weight is 258 g/mol. The van der Waals surface area contributed by atoms with Crippen LogP contribution in [0.3, 0.4) is 0 Å². The zero-order chi connectivity index (χ0) is 12.5. The third-order valence-corrected chi connectivity index (χ3v) is 4.36. The first kappa shape index (κ1) is 11.7. The van der Waals surface area contributed by atoms with Crippen LogP contribution in [0.25, 0.3) is 0 Å². The van der Waals surface area contributed by atoms with E-state index in [9.17, 15) is 0 Å². The van der Waals surface area contributed by atoms with Crippen molar-refractivity contribution in [2.24, 2.45) is 0 Å². The number of rotatable bonds is 2. The molecule has 1 aromatic carbocycles. The Hall–Kier alpha value is -1.35. The van der Waals surface area contributed by atoms with Crippen molar-refractivity contribution in [3.8, 4) is 0 Å². The Morgan fingerprint density at radius 1 is 1.33 bits per heavy atom. The summed E-state index contributed by atoms with van der Waals surface area (Å²) >= 11 is 1.81. The summed E-state index contributed by atoms with van der Waals surface area (Å²) in [5, 5.41) is 1.16. The topological polar surface area (TPSA) is 16.1 Å². The maximum absolute atomic E-state index is 4.34. The van der Waals surface area contributed by atoms with Gasteiger partial charge < -0.3 is 4.90 Å². The van der Waals surface area contributed by atoms with Crippen molar-refractivity contribution in [1.29, 1.82) is 0 Å². The van der Waals surface area contributed by atoms with Gasteiger partial charge in [0.25, 0.3) is 0 Å². The number of aromatic nitrogens is 1. The number of nitrogens with zero attached hydrogens (tertiary/aromatic N) is 2. The Kier molecular flexibility index (Phi) is 3.08. The molecule has 0 saturated heterocycles. The van der Waals surface area contributed by atoms with E-state index in [0.29, 0.717) is 0 Å². The normalized spacial score (nSPS) is 14.7. The van der Waals surface area contributed by atoms with Crippen LogP contribution in [0.5, 0.6) is 0 Å². The minimum absolute atomic E-state index is 1.00. The first-order valence-corrected chi connectivity index (χ1v) is 7.30. The van der Waals surface area contributed by atoms with E-state index >= 15 is 0 Å². The Labute approximate surface area is 112 Å². The van der Waals surface area contributed by atoms with Crippen molar-refractivity contribution in [3.05, 3.63) is 45.4 Å². The Morgan fingerprint density at radius 3 is 3.00 bits per heavy atom. The van der Waals surface area contributed by atoms with Crippen LogP contribution in [0.4, 0.5) is 5.69 Å². The van der Waals surface area contributed by atoms with Gasteiger partial charge in [0.2, 0.25) is 0 Å². The third kappa shape index (κ3) is 2.27. The van der Waals surface area contributed by atoms with Crippen LogP contribution in [-0.4, -0.2) is 11.5 Å². The van der Waals surface area contributed by atoms with E-state index in [1.165, 1.54) is 34.5 Å². The van der Waals surface area contributed by atoms with Gasteiger partial charge >= 0.3 is 0 Å². The van der Waals surface area contributed by atoms with Crippen LogP contribution >= 0.6 is 11.3 Å². The fraction of sp³-hybridized carbons (Fsp3) is 0.400. The van der Waals surface area contributed by atoms with Crippen LogP contribution in [-0.2, 0) is 13.0 Å². The summed E-state index contributed by atoms with van der Waals surface area (Å²) in [7, 11) is 0. The summed E-state index contributed by atoms with van der Waals surface area (Å²) in [6, 6.07) is 6.83. The van der Waals surface area contributed by atoms with Gasteiger partial charge in [-0.05, 0) is 38.3 Å². The van der Waals surface area contributed by atoms with Gasteiger partial charge in [-0.1, -0.05) is 17.7 Å². The Balaban J connectivity index is 1.87. The minimum atomic E-state index is 1.00. The van der Waals surface area contributed by atoms with Gasteiger partial charge in [-0.15, -0.1) is 11.3 Å². The van der Waals surface area contributed by atoms with Gasteiger partial charge in [0.05, 0.1) is 11.6 Å². The lowest BCUT2D eigenvalue weighted by molar-refractivity contribution is 0.694. The van der Waals surface area contributed by atoms with Gasteiger partial charge in [-0.2, -0.15) is 0 Å². The number of anilines is 1. The molecule has 3 heteroatoms. The van der Waals surface area contributed by atoms with E-state index in [0.717, 1.165) is 18.1 Å². The Bertz CT molecular complexity index is 559. The molecule has 18 heavy (non-hydrogen) atoms. The summed E-state index contributed by atoms with van der Waals surface area (Å²) < 4.78 is 0. The first-order valence-electron chi connectivity index (χ1n) is 6.48. The van der Waals surface area contributed by atoms with E-state index in [-0.39, 0.29) is 0 Å². The number of fused-ring (bicyclic) bond motifs is 1. The van der Waals surface area contributed by atoms with Crippen molar-refractivity contribution in [2.45, 2.75) is 33.2 Å². The molecule has 2 nitrogen and oxygen atoms in total. The summed E-state index contributed by atoms with van der Waals surface area (Å²) in [6.07, 6.45) is 4.49. The molecule has 2 heterocycles. The predicted octanol–water partition coefficient (Wildman–Crippen LogP) is 3.71. The standard InChI is InChI=1S/C15H18N2S/c1-11-5-6-15-13(8-11)4-3-7-17(15)10-14-9-16-12(2)18-14/h5-6,8-9H,3-4,7,10H2,1-2H3. The van der Waals surface area contributed by atoms with E-state index in [1.54, 1.807) is 11.3 Å². The molecule has 2 aromatic rings. The molecule has 0 saturated carbocycles. The van der Waals surface area contributed by atoms with Crippen LogP contribution in [0, 0.1) is 13.8 Å². The van der Waals surface area contributed by atoms with Crippen molar-refractivity contribution in [3.63, 3.8) is 0 Å². The number of hydrogen-bond acceptors (Lipinski definition) is 3. The van der Waals surface area contributed by atoms with Crippen molar-refractivity contribution in [1.82, 2.24) is 4.98 Å². The molecule has 0 atom stereocenters. The molecular formula is C15H18N2S. The first-order chi connectivity index (χ1) is 8.72. The van der Waals surface area contributed by atoms with Crippen LogP contribution in [0.2, 0.25) is 0 Å². The Morgan fingerprint density at radius 2 is 2.22 bits per heavy atom. The molecule has 0 aliphatic carbocycles. The molecule has 0 fully saturated rings. The largest absolute Gasteiger partial charge is 0.366 e. The summed E-state index contributed by atoms with van der Waals surface area (Å²) in [4.78, 5) is 8.20. The van der Waals surface area contributed by atoms with Gasteiger partial charge in [0.15, 0.2) is 0 Å². The van der Waals surface area contributed by atoms with E-state index in [4.69, 9.17) is 0 Å². The van der Waals surface area contributed by atoms with Crippen molar-refractivity contribution < 1.29 is 0 Å². The fourth-order valence-corrected chi connectivity index (χ4v) is 3.45. The van der Waals surface area contributed by atoms with E-state index < -0.39 is 0 Å². The van der Waals surface area contributed by atoms with Gasteiger partial charge in [0.1, 0.15) is 0 Å². The SMILES string of the molecule is Cc1ccc2c(c1)CCCN2Cc1cnc(C)s1. The highest BCUT2D eigenvalue weighted by Gasteiger charge is 2.17. The second-order valence-corrected chi connectivity index (χ2v) is 6.32. The number of thiazole rings is 1. The molecule has 1 aliphatic rings. The lowest BCUT2D eigenvalue weighted by atomic mass is 9.99. The molecule has 3 rings (SSSR count). The summed E-state index contributed by atoms with van der Waals surface area (Å²) in [5.41, 5.74) is 4.28. The average Bonchev–Trinajstić information content (AvgIpc) is 2.75. The van der Waals surface area contributed by atoms with E-state index in [2.05, 4.69) is 41.9 Å². The van der Waals surface area contributed by atoms with Crippen molar-refractivity contribution in [2.75, 3.05) is 11.4 Å². The smallest absolute Gasteiger partial charge is 0.0897 e. The van der Waals surface area contributed by atoms with Crippen LogP contribution in [0.15, 0.2) is 24.4 Å². The van der Waals surface area contributed by atoms with Gasteiger partial charge in [-0.25, -0.2) is 4.98 Å². The molecule has 0 amide bonds. The predicted molar refractivity (Wildman–Crippen MR) is 77.4 cm³/mol.